The largest absolute Gasteiger partial charge is 0.391 e. The van der Waals surface area contributed by atoms with Crippen molar-refractivity contribution < 1.29 is 9.94 Å². The predicted octanol–water partition coefficient (Wildman–Crippen LogP) is 4.01. The molecule has 0 heterocycles. The Morgan fingerprint density at radius 2 is 1.76 bits per heavy atom. The summed E-state index contributed by atoms with van der Waals surface area (Å²) < 4.78 is 0. The lowest BCUT2D eigenvalue weighted by atomic mass is 10.0. The fourth-order valence-electron chi connectivity index (χ4n) is 2.01. The van der Waals surface area contributed by atoms with E-state index in [1.54, 1.807) is 0 Å². The molecule has 0 saturated carbocycles. The average molecular weight is 283 g/mol. The maximum atomic E-state index is 10.2. The highest BCUT2D eigenvalue weighted by Crippen LogP contribution is 2.17. The molecule has 2 aromatic rings. The Morgan fingerprint density at radius 1 is 1.10 bits per heavy atom. The van der Waals surface area contributed by atoms with Crippen LogP contribution in [0, 0.1) is 6.92 Å². The van der Waals surface area contributed by atoms with Crippen LogP contribution < -0.4 is 0 Å². The van der Waals surface area contributed by atoms with Crippen molar-refractivity contribution in [3.63, 3.8) is 0 Å². The van der Waals surface area contributed by atoms with E-state index in [1.807, 2.05) is 68.4 Å². The minimum Gasteiger partial charge on any atom is -0.391 e. The number of hydrogen-bond donors (Lipinski definition) is 1. The van der Waals surface area contributed by atoms with Crippen LogP contribution in [0.5, 0.6) is 0 Å². The predicted molar refractivity (Wildman–Crippen MR) is 85.1 cm³/mol. The normalized spacial score (nSPS) is 13.0. The molecule has 0 bridgehead atoms. The van der Waals surface area contributed by atoms with Gasteiger partial charge >= 0.3 is 0 Å². The number of benzene rings is 2. The van der Waals surface area contributed by atoms with Crippen molar-refractivity contribution in [1.82, 2.24) is 0 Å². The fraction of sp³-hybridized carbons (Fsp3) is 0.278. The van der Waals surface area contributed by atoms with Crippen molar-refractivity contribution in [2.24, 2.45) is 5.16 Å². The second-order valence-electron chi connectivity index (χ2n) is 5.22. The number of aliphatic hydroxyl groups is 1. The lowest BCUT2D eigenvalue weighted by Crippen LogP contribution is -2.04. The molecular weight excluding hydrogens is 262 g/mol. The summed E-state index contributed by atoms with van der Waals surface area (Å²) >= 11 is 0. The lowest BCUT2D eigenvalue weighted by molar-refractivity contribution is 0.126. The Kier molecular flexibility index (Phi) is 5.52. The minimum absolute atomic E-state index is 0.443. The summed E-state index contributed by atoms with van der Waals surface area (Å²) in [4.78, 5) is 5.31. The molecule has 0 spiro atoms. The van der Waals surface area contributed by atoms with E-state index < -0.39 is 6.10 Å². The summed E-state index contributed by atoms with van der Waals surface area (Å²) in [5.41, 5.74) is 3.94. The zero-order valence-corrected chi connectivity index (χ0v) is 12.5. The highest BCUT2D eigenvalue weighted by Gasteiger charge is 2.09. The Balaban J connectivity index is 1.84. The Labute approximate surface area is 125 Å². The van der Waals surface area contributed by atoms with Gasteiger partial charge in [-0.25, -0.2) is 0 Å². The molecule has 0 aliphatic carbocycles. The fourth-order valence-corrected chi connectivity index (χ4v) is 2.01. The van der Waals surface area contributed by atoms with E-state index in [9.17, 15) is 5.11 Å². The monoisotopic (exact) mass is 283 g/mol. The molecule has 21 heavy (non-hydrogen) atoms. The van der Waals surface area contributed by atoms with Crippen LogP contribution in [0.15, 0.2) is 59.8 Å². The van der Waals surface area contributed by atoms with Crippen molar-refractivity contribution in [3.8, 4) is 0 Å². The van der Waals surface area contributed by atoms with Crippen LogP contribution in [-0.4, -0.2) is 10.8 Å². The smallest absolute Gasteiger partial charge is 0.142 e. The molecule has 0 saturated heterocycles. The molecule has 3 heteroatoms. The standard InChI is InChI=1S/C18H21NO2/c1-14-8-10-17(11-9-14)18(20)12-15(2)19-21-13-16-6-4-3-5-7-16/h3-11,18,20H,12-13H2,1-2H3/b19-15+. The van der Waals surface area contributed by atoms with Gasteiger partial charge in [0.15, 0.2) is 0 Å². The van der Waals surface area contributed by atoms with Crippen LogP contribution in [0.2, 0.25) is 0 Å². The van der Waals surface area contributed by atoms with E-state index in [-0.39, 0.29) is 0 Å². The van der Waals surface area contributed by atoms with Crippen molar-refractivity contribution in [1.29, 1.82) is 0 Å². The van der Waals surface area contributed by atoms with Crippen molar-refractivity contribution in [2.75, 3.05) is 0 Å². The van der Waals surface area contributed by atoms with E-state index in [2.05, 4.69) is 5.16 Å². The topological polar surface area (TPSA) is 41.8 Å². The number of hydrogen-bond acceptors (Lipinski definition) is 3. The van der Waals surface area contributed by atoms with E-state index in [4.69, 9.17) is 4.84 Å². The van der Waals surface area contributed by atoms with Gasteiger partial charge in [-0.3, -0.25) is 0 Å². The second kappa shape index (κ2) is 7.60. The Bertz CT molecular complexity index is 576. The average Bonchev–Trinajstić information content (AvgIpc) is 2.49. The highest BCUT2D eigenvalue weighted by molar-refractivity contribution is 5.81. The first-order valence-electron chi connectivity index (χ1n) is 7.09. The van der Waals surface area contributed by atoms with Gasteiger partial charge < -0.3 is 9.94 Å². The van der Waals surface area contributed by atoms with Crippen LogP contribution in [0.4, 0.5) is 0 Å². The van der Waals surface area contributed by atoms with Gasteiger partial charge in [0.2, 0.25) is 0 Å². The van der Waals surface area contributed by atoms with Crippen molar-refractivity contribution in [2.45, 2.75) is 33.0 Å². The molecule has 0 aromatic heterocycles. The van der Waals surface area contributed by atoms with Crippen LogP contribution in [0.3, 0.4) is 0 Å². The zero-order chi connectivity index (χ0) is 15.1. The summed E-state index contributed by atoms with van der Waals surface area (Å²) in [7, 11) is 0. The van der Waals surface area contributed by atoms with Crippen molar-refractivity contribution >= 4 is 5.71 Å². The molecule has 0 aliphatic heterocycles. The molecule has 3 nitrogen and oxygen atoms in total. The van der Waals surface area contributed by atoms with Crippen molar-refractivity contribution in [3.05, 3.63) is 71.3 Å². The maximum absolute atomic E-state index is 10.2. The second-order valence-corrected chi connectivity index (χ2v) is 5.22. The molecule has 1 atom stereocenters. The first-order valence-corrected chi connectivity index (χ1v) is 7.09. The summed E-state index contributed by atoms with van der Waals surface area (Å²) in [5, 5.41) is 14.2. The van der Waals surface area contributed by atoms with E-state index in [0.29, 0.717) is 13.0 Å². The summed E-state index contributed by atoms with van der Waals surface area (Å²) in [5.74, 6) is 0. The summed E-state index contributed by atoms with van der Waals surface area (Å²) in [6, 6.07) is 17.8. The van der Waals surface area contributed by atoms with E-state index in [0.717, 1.165) is 16.8 Å². The van der Waals surface area contributed by atoms with Gasteiger partial charge in [-0.2, -0.15) is 0 Å². The SMILES string of the molecule is C/C(CC(O)c1ccc(C)cc1)=N\OCc1ccccc1. The van der Waals surface area contributed by atoms with Gasteiger partial charge in [-0.1, -0.05) is 65.3 Å². The quantitative estimate of drug-likeness (QED) is 0.643. The van der Waals surface area contributed by atoms with Crippen LogP contribution >= 0.6 is 0 Å². The molecular formula is C18H21NO2. The number of aryl methyl sites for hydroxylation is 1. The molecule has 0 amide bonds. The third kappa shape index (κ3) is 5.04. The van der Waals surface area contributed by atoms with Crippen LogP contribution in [0.1, 0.15) is 36.1 Å². The Hall–Kier alpha value is -2.13. The maximum Gasteiger partial charge on any atom is 0.142 e. The summed E-state index contributed by atoms with van der Waals surface area (Å²) in [6.45, 7) is 4.33. The molecule has 2 aromatic carbocycles. The number of aliphatic hydroxyl groups excluding tert-OH is 1. The van der Waals surface area contributed by atoms with Gasteiger partial charge in [0.25, 0.3) is 0 Å². The highest BCUT2D eigenvalue weighted by atomic mass is 16.6. The van der Waals surface area contributed by atoms with Gasteiger partial charge in [0, 0.05) is 6.42 Å². The minimum atomic E-state index is -0.547. The zero-order valence-electron chi connectivity index (χ0n) is 12.5. The summed E-state index contributed by atoms with van der Waals surface area (Å²) in [6.07, 6.45) is -0.0765. The molecule has 0 aliphatic rings. The molecule has 1 unspecified atom stereocenters. The molecule has 0 fully saturated rings. The van der Waals surface area contributed by atoms with Gasteiger partial charge in [-0.15, -0.1) is 0 Å². The molecule has 1 N–H and O–H groups in total. The molecule has 110 valence electrons. The first kappa shape index (κ1) is 15.3. The van der Waals surface area contributed by atoms with Gasteiger partial charge in [0.1, 0.15) is 6.61 Å². The number of oxime groups is 1. The van der Waals surface area contributed by atoms with E-state index in [1.165, 1.54) is 5.56 Å². The number of nitrogens with zero attached hydrogens (tertiary/aromatic N) is 1. The van der Waals surface area contributed by atoms with E-state index >= 15 is 0 Å². The third-order valence-electron chi connectivity index (χ3n) is 3.25. The van der Waals surface area contributed by atoms with Crippen LogP contribution in [-0.2, 0) is 11.4 Å². The van der Waals surface area contributed by atoms with Crippen LogP contribution in [0.25, 0.3) is 0 Å². The van der Waals surface area contributed by atoms with Gasteiger partial charge in [0.05, 0.1) is 11.8 Å². The molecule has 0 radical (unpaired) electrons. The third-order valence-corrected chi connectivity index (χ3v) is 3.25. The molecule has 2 rings (SSSR count). The lowest BCUT2D eigenvalue weighted by Gasteiger charge is -2.11. The first-order chi connectivity index (χ1) is 10.1. The Morgan fingerprint density at radius 3 is 2.43 bits per heavy atom. The van der Waals surface area contributed by atoms with Gasteiger partial charge in [-0.05, 0) is 25.0 Å². The number of rotatable bonds is 6.